The molecule has 0 bridgehead atoms. The maximum Gasteiger partial charge on any atom is 0.494 e. The highest BCUT2D eigenvalue weighted by Crippen LogP contribution is 2.36. The van der Waals surface area contributed by atoms with Crippen LogP contribution in [0.1, 0.15) is 43.6 Å². The molecule has 102 valence electrons. The summed E-state index contributed by atoms with van der Waals surface area (Å²) >= 11 is 0. The molecule has 0 aliphatic carbocycles. The zero-order valence-electron chi connectivity index (χ0n) is 11.9. The van der Waals surface area contributed by atoms with Gasteiger partial charge in [-0.05, 0) is 45.6 Å². The molecule has 1 aromatic carbocycles. The summed E-state index contributed by atoms with van der Waals surface area (Å²) in [7, 11) is -0.473. The Hall–Kier alpha value is -1.33. The largest absolute Gasteiger partial charge is 0.545 e. The Morgan fingerprint density at radius 2 is 1.68 bits per heavy atom. The average molecular weight is 261 g/mol. The van der Waals surface area contributed by atoms with Crippen molar-refractivity contribution < 1.29 is 19.2 Å². The van der Waals surface area contributed by atoms with Gasteiger partial charge in [-0.3, -0.25) is 0 Å². The van der Waals surface area contributed by atoms with Gasteiger partial charge in [-0.1, -0.05) is 18.2 Å². The summed E-state index contributed by atoms with van der Waals surface area (Å²) in [6.45, 7) is 9.66. The number of carbonyl (C=O) groups excluding carboxylic acids is 1. The fourth-order valence-electron chi connectivity index (χ4n) is 2.04. The Morgan fingerprint density at radius 1 is 1.16 bits per heavy atom. The van der Waals surface area contributed by atoms with Crippen molar-refractivity contribution in [1.82, 2.24) is 0 Å². The van der Waals surface area contributed by atoms with Gasteiger partial charge in [0.15, 0.2) is 0 Å². The summed E-state index contributed by atoms with van der Waals surface area (Å²) in [5.74, 6) is -1.17. The molecule has 1 aliphatic rings. The normalized spacial score (nSPS) is 20.6. The molecule has 0 radical (unpaired) electrons. The molecule has 1 aliphatic heterocycles. The van der Waals surface area contributed by atoms with Gasteiger partial charge in [-0.15, -0.1) is 0 Å². The van der Waals surface area contributed by atoms with E-state index in [1.54, 1.807) is 19.1 Å². The highest BCUT2D eigenvalue weighted by molar-refractivity contribution is 6.62. The number of carbonyl (C=O) groups is 1. The molecule has 0 N–H and O–H groups in total. The van der Waals surface area contributed by atoms with Crippen LogP contribution in [0.3, 0.4) is 0 Å². The van der Waals surface area contributed by atoms with Crippen LogP contribution in [0.4, 0.5) is 0 Å². The summed E-state index contributed by atoms with van der Waals surface area (Å²) in [6, 6.07) is 5.01. The molecule has 0 unspecified atom stereocenters. The van der Waals surface area contributed by atoms with Crippen LogP contribution in [0, 0.1) is 6.92 Å². The maximum atomic E-state index is 10.9. The molecule has 1 heterocycles. The lowest BCUT2D eigenvalue weighted by Gasteiger charge is -2.32. The van der Waals surface area contributed by atoms with Crippen LogP contribution in [-0.4, -0.2) is 24.3 Å². The van der Waals surface area contributed by atoms with Gasteiger partial charge in [0.2, 0.25) is 0 Å². The highest BCUT2D eigenvalue weighted by atomic mass is 16.7. The van der Waals surface area contributed by atoms with E-state index in [2.05, 4.69) is 0 Å². The summed E-state index contributed by atoms with van der Waals surface area (Å²) in [5.41, 5.74) is 0.852. The number of benzene rings is 1. The Labute approximate surface area is 113 Å². The number of aromatic carboxylic acids is 1. The van der Waals surface area contributed by atoms with Crippen molar-refractivity contribution >= 4 is 18.6 Å². The van der Waals surface area contributed by atoms with Gasteiger partial charge in [0, 0.05) is 5.56 Å². The SMILES string of the molecule is Cc1cc(B2OC(C)(C)C(C)(C)O2)ccc1C(=O)[O-]. The van der Waals surface area contributed by atoms with Crippen LogP contribution in [0.2, 0.25) is 0 Å². The van der Waals surface area contributed by atoms with E-state index in [1.165, 1.54) is 6.07 Å². The van der Waals surface area contributed by atoms with Crippen LogP contribution in [0.5, 0.6) is 0 Å². The van der Waals surface area contributed by atoms with Gasteiger partial charge in [-0.25, -0.2) is 0 Å². The van der Waals surface area contributed by atoms with Crippen LogP contribution < -0.4 is 10.6 Å². The van der Waals surface area contributed by atoms with Gasteiger partial charge < -0.3 is 19.2 Å². The van der Waals surface area contributed by atoms with E-state index < -0.39 is 24.3 Å². The highest BCUT2D eigenvalue weighted by Gasteiger charge is 2.51. The van der Waals surface area contributed by atoms with Gasteiger partial charge in [0.1, 0.15) is 0 Å². The first-order valence-electron chi connectivity index (χ1n) is 6.31. The molecule has 1 fully saturated rings. The van der Waals surface area contributed by atoms with Crippen LogP contribution in [-0.2, 0) is 9.31 Å². The van der Waals surface area contributed by atoms with Crippen molar-refractivity contribution in [2.24, 2.45) is 0 Å². The molecule has 19 heavy (non-hydrogen) atoms. The first-order valence-corrected chi connectivity index (χ1v) is 6.31. The smallest absolute Gasteiger partial charge is 0.494 e. The van der Waals surface area contributed by atoms with Crippen molar-refractivity contribution in [1.29, 1.82) is 0 Å². The summed E-state index contributed by atoms with van der Waals surface area (Å²) in [4.78, 5) is 10.9. The second kappa shape index (κ2) is 4.35. The molecule has 5 heteroatoms. The second-order valence-corrected chi connectivity index (χ2v) is 5.95. The van der Waals surface area contributed by atoms with Crippen LogP contribution in [0.15, 0.2) is 18.2 Å². The molecule has 2 rings (SSSR count). The molecular weight excluding hydrogens is 243 g/mol. The van der Waals surface area contributed by atoms with E-state index in [-0.39, 0.29) is 5.56 Å². The third kappa shape index (κ3) is 2.40. The van der Waals surface area contributed by atoms with E-state index in [0.29, 0.717) is 5.56 Å². The number of hydrogen-bond donors (Lipinski definition) is 0. The minimum Gasteiger partial charge on any atom is -0.545 e. The quantitative estimate of drug-likeness (QED) is 0.734. The fourth-order valence-corrected chi connectivity index (χ4v) is 2.04. The van der Waals surface area contributed by atoms with Gasteiger partial charge in [0.05, 0.1) is 17.2 Å². The third-order valence-electron chi connectivity index (χ3n) is 4.00. The van der Waals surface area contributed by atoms with E-state index in [4.69, 9.17) is 9.31 Å². The Bertz CT molecular complexity index is 506. The van der Waals surface area contributed by atoms with E-state index >= 15 is 0 Å². The van der Waals surface area contributed by atoms with Gasteiger partial charge in [0.25, 0.3) is 0 Å². The molecule has 0 atom stereocenters. The lowest BCUT2D eigenvalue weighted by Crippen LogP contribution is -2.41. The lowest BCUT2D eigenvalue weighted by atomic mass is 9.78. The average Bonchev–Trinajstić information content (AvgIpc) is 2.47. The molecule has 0 saturated carbocycles. The number of hydrogen-bond acceptors (Lipinski definition) is 4. The van der Waals surface area contributed by atoms with Crippen molar-refractivity contribution in [3.05, 3.63) is 29.3 Å². The zero-order chi connectivity index (χ0) is 14.4. The van der Waals surface area contributed by atoms with Gasteiger partial charge >= 0.3 is 7.12 Å². The van der Waals surface area contributed by atoms with Crippen molar-refractivity contribution in [3.8, 4) is 0 Å². The molecular formula is C14H18BO4-. The molecule has 0 aromatic heterocycles. The van der Waals surface area contributed by atoms with Crippen molar-refractivity contribution in [2.75, 3.05) is 0 Å². The predicted octanol–water partition coefficient (Wildman–Crippen LogP) is 0.658. The molecule has 4 nitrogen and oxygen atoms in total. The molecule has 0 amide bonds. The first-order chi connectivity index (χ1) is 8.64. The Kier molecular flexibility index (Phi) is 3.23. The Morgan fingerprint density at radius 3 is 2.11 bits per heavy atom. The number of carboxylic acids is 1. The molecule has 0 spiro atoms. The minimum atomic E-state index is -1.17. The number of aryl methyl sites for hydroxylation is 1. The minimum absolute atomic E-state index is 0.195. The van der Waals surface area contributed by atoms with E-state index in [9.17, 15) is 9.90 Å². The van der Waals surface area contributed by atoms with Crippen molar-refractivity contribution in [3.63, 3.8) is 0 Å². The standard InChI is InChI=1S/C14H19BO4/c1-9-8-10(6-7-11(9)12(16)17)15-18-13(2,3)14(4,5)19-15/h6-8H,1-5H3,(H,16,17)/p-1. The number of carboxylic acid groups (broad SMARTS) is 1. The van der Waals surface area contributed by atoms with Crippen LogP contribution >= 0.6 is 0 Å². The molecule has 1 saturated heterocycles. The van der Waals surface area contributed by atoms with Gasteiger partial charge in [-0.2, -0.15) is 0 Å². The topological polar surface area (TPSA) is 58.6 Å². The van der Waals surface area contributed by atoms with E-state index in [1.807, 2.05) is 27.7 Å². The Balaban J connectivity index is 2.31. The third-order valence-corrected chi connectivity index (χ3v) is 4.00. The number of rotatable bonds is 2. The summed E-state index contributed by atoms with van der Waals surface area (Å²) in [6.07, 6.45) is 0. The zero-order valence-corrected chi connectivity index (χ0v) is 11.9. The molecule has 1 aromatic rings. The predicted molar refractivity (Wildman–Crippen MR) is 71.2 cm³/mol. The van der Waals surface area contributed by atoms with Crippen molar-refractivity contribution in [2.45, 2.75) is 45.8 Å². The van der Waals surface area contributed by atoms with Crippen LogP contribution in [0.25, 0.3) is 0 Å². The first kappa shape index (κ1) is 14.1. The second-order valence-electron chi connectivity index (χ2n) is 5.95. The monoisotopic (exact) mass is 261 g/mol. The maximum absolute atomic E-state index is 10.9. The fraction of sp³-hybridized carbons (Fsp3) is 0.500. The summed E-state index contributed by atoms with van der Waals surface area (Å²) < 4.78 is 11.8. The lowest BCUT2D eigenvalue weighted by molar-refractivity contribution is -0.255. The van der Waals surface area contributed by atoms with E-state index in [0.717, 1.165) is 5.46 Å². The summed E-state index contributed by atoms with van der Waals surface area (Å²) in [5, 5.41) is 10.9.